The Morgan fingerprint density at radius 3 is 3.31 bits per heavy atom. The number of thiazole rings is 1. The summed E-state index contributed by atoms with van der Waals surface area (Å²) in [7, 11) is 0. The topological polar surface area (TPSA) is 41.8 Å². The Morgan fingerprint density at radius 1 is 1.46 bits per heavy atom. The van der Waals surface area contributed by atoms with Gasteiger partial charge in [0.25, 0.3) is 0 Å². The van der Waals surface area contributed by atoms with Gasteiger partial charge in [0.1, 0.15) is 10.2 Å². The first kappa shape index (κ1) is 7.23. The smallest absolute Gasteiger partial charge is 0.192 e. The maximum atomic E-state index is 5.24. The van der Waals surface area contributed by atoms with Crippen molar-refractivity contribution in [2.45, 2.75) is 0 Å². The van der Waals surface area contributed by atoms with Crippen molar-refractivity contribution < 1.29 is 4.52 Å². The largest absolute Gasteiger partial charge is 0.378 e. The number of nitrogens with one attached hydrogen (secondary N) is 1. The lowest BCUT2D eigenvalue weighted by atomic mass is 10.2. The predicted molar refractivity (Wildman–Crippen MR) is 54.6 cm³/mol. The van der Waals surface area contributed by atoms with Gasteiger partial charge < -0.3 is 4.52 Å². The van der Waals surface area contributed by atoms with Crippen LogP contribution in [0.1, 0.15) is 0 Å². The molecule has 0 amide bonds. The number of fused-ring (bicyclic) bond motifs is 3. The Hall–Kier alpha value is -1.20. The van der Waals surface area contributed by atoms with Crippen molar-refractivity contribution in [3.8, 4) is 0 Å². The van der Waals surface area contributed by atoms with Gasteiger partial charge in [-0.15, -0.1) is 11.3 Å². The van der Waals surface area contributed by atoms with Crippen LogP contribution in [0, 0.1) is 4.64 Å². The van der Waals surface area contributed by atoms with Crippen molar-refractivity contribution in [3.05, 3.63) is 22.3 Å². The van der Waals surface area contributed by atoms with Crippen LogP contribution >= 0.6 is 23.6 Å². The van der Waals surface area contributed by atoms with Crippen molar-refractivity contribution >= 4 is 44.7 Å². The lowest BCUT2D eigenvalue weighted by molar-refractivity contribution is 0.455. The van der Waals surface area contributed by atoms with Gasteiger partial charge >= 0.3 is 0 Å². The quantitative estimate of drug-likeness (QED) is 0.577. The van der Waals surface area contributed by atoms with Crippen LogP contribution in [-0.4, -0.2) is 10.1 Å². The molecule has 3 nitrogen and oxygen atoms in total. The van der Waals surface area contributed by atoms with Gasteiger partial charge in [0.15, 0.2) is 5.58 Å². The van der Waals surface area contributed by atoms with Gasteiger partial charge in [-0.05, 0) is 12.1 Å². The predicted octanol–water partition coefficient (Wildman–Crippen LogP) is 3.10. The van der Waals surface area contributed by atoms with Crippen molar-refractivity contribution in [3.63, 3.8) is 0 Å². The van der Waals surface area contributed by atoms with Crippen molar-refractivity contribution in [2.75, 3.05) is 0 Å². The van der Waals surface area contributed by atoms with E-state index in [4.69, 9.17) is 16.7 Å². The highest BCUT2D eigenvalue weighted by atomic mass is 32.1. The lowest BCUT2D eigenvalue weighted by Crippen LogP contribution is -1.68. The van der Waals surface area contributed by atoms with Crippen LogP contribution in [0.4, 0.5) is 0 Å². The summed E-state index contributed by atoms with van der Waals surface area (Å²) >= 11 is 6.64. The molecule has 0 unspecified atom stereocenters. The summed E-state index contributed by atoms with van der Waals surface area (Å²) in [5.41, 5.74) is 3.44. The zero-order valence-corrected chi connectivity index (χ0v) is 8.04. The molecule has 0 fully saturated rings. The number of nitrogens with zero attached hydrogens (tertiary/aromatic N) is 1. The summed E-state index contributed by atoms with van der Waals surface area (Å²) in [6.45, 7) is 0. The van der Waals surface area contributed by atoms with Crippen LogP contribution < -0.4 is 0 Å². The second-order valence-electron chi connectivity index (χ2n) is 2.67. The van der Waals surface area contributed by atoms with E-state index in [2.05, 4.69) is 10.1 Å². The first-order valence-electron chi connectivity index (χ1n) is 3.69. The number of hydrogen-bond donors (Lipinski definition) is 1. The molecule has 5 heteroatoms. The van der Waals surface area contributed by atoms with E-state index >= 15 is 0 Å². The number of H-pyrrole nitrogens is 1. The van der Waals surface area contributed by atoms with E-state index in [1.165, 1.54) is 0 Å². The molecule has 3 rings (SSSR count). The minimum atomic E-state index is 0.630. The second kappa shape index (κ2) is 2.40. The standard InChI is InChI=1S/C8H4N2OS2/c12-8-4-1-2-5-6(9-3-13-5)7(4)11-10-8/h1-3H,(H,10,12). The van der Waals surface area contributed by atoms with Gasteiger partial charge in [0.2, 0.25) is 0 Å². The highest BCUT2D eigenvalue weighted by molar-refractivity contribution is 7.71. The highest BCUT2D eigenvalue weighted by Gasteiger charge is 2.07. The molecule has 0 aliphatic carbocycles. The molecule has 2 aromatic heterocycles. The molecule has 0 saturated carbocycles. The van der Waals surface area contributed by atoms with E-state index in [1.807, 2.05) is 12.1 Å². The van der Waals surface area contributed by atoms with E-state index in [1.54, 1.807) is 16.8 Å². The first-order chi connectivity index (χ1) is 6.36. The number of benzene rings is 1. The van der Waals surface area contributed by atoms with Gasteiger partial charge in [-0.3, -0.25) is 0 Å². The van der Waals surface area contributed by atoms with Gasteiger partial charge in [-0.25, -0.2) is 10.1 Å². The number of rotatable bonds is 0. The summed E-state index contributed by atoms with van der Waals surface area (Å²) in [5.74, 6) is 0. The highest BCUT2D eigenvalue weighted by Crippen LogP contribution is 2.27. The van der Waals surface area contributed by atoms with Crippen molar-refractivity contribution in [1.82, 2.24) is 10.1 Å². The molecule has 1 N–H and O–H groups in total. The minimum absolute atomic E-state index is 0.630. The summed E-state index contributed by atoms with van der Waals surface area (Å²) < 4.78 is 6.98. The van der Waals surface area contributed by atoms with Crippen LogP contribution in [-0.2, 0) is 0 Å². The van der Waals surface area contributed by atoms with Gasteiger partial charge in [0.05, 0.1) is 15.6 Å². The molecular weight excluding hydrogens is 204 g/mol. The van der Waals surface area contributed by atoms with Crippen molar-refractivity contribution in [1.29, 1.82) is 0 Å². The fourth-order valence-corrected chi connectivity index (χ4v) is 2.22. The fraction of sp³-hybridized carbons (Fsp3) is 0. The third-order valence-electron chi connectivity index (χ3n) is 1.95. The average Bonchev–Trinajstić information content (AvgIpc) is 2.70. The number of aromatic nitrogens is 2. The Balaban J connectivity index is 2.74. The number of hydrogen-bond acceptors (Lipinski definition) is 4. The Bertz CT molecular complexity index is 634. The maximum Gasteiger partial charge on any atom is 0.192 e. The lowest BCUT2D eigenvalue weighted by Gasteiger charge is -1.86. The summed E-state index contributed by atoms with van der Waals surface area (Å²) in [6.07, 6.45) is 0. The third-order valence-corrected chi connectivity index (χ3v) is 3.04. The summed E-state index contributed by atoms with van der Waals surface area (Å²) in [6, 6.07) is 3.96. The minimum Gasteiger partial charge on any atom is -0.378 e. The molecule has 0 aliphatic heterocycles. The zero-order valence-electron chi connectivity index (χ0n) is 6.40. The van der Waals surface area contributed by atoms with Gasteiger partial charge in [-0.1, -0.05) is 12.2 Å². The molecule has 64 valence electrons. The van der Waals surface area contributed by atoms with E-state index in [9.17, 15) is 0 Å². The van der Waals surface area contributed by atoms with E-state index < -0.39 is 0 Å². The maximum absolute atomic E-state index is 5.24. The molecule has 0 aliphatic rings. The second-order valence-corrected chi connectivity index (χ2v) is 3.97. The molecule has 0 bridgehead atoms. The third kappa shape index (κ3) is 0.882. The summed E-state index contributed by atoms with van der Waals surface area (Å²) in [5, 5.41) is 3.59. The molecule has 13 heavy (non-hydrogen) atoms. The van der Waals surface area contributed by atoms with Gasteiger partial charge in [0, 0.05) is 0 Å². The van der Waals surface area contributed by atoms with Crippen LogP contribution in [0.15, 0.2) is 22.2 Å². The van der Waals surface area contributed by atoms with Crippen LogP contribution in [0.3, 0.4) is 0 Å². The zero-order chi connectivity index (χ0) is 8.84. The summed E-state index contributed by atoms with van der Waals surface area (Å²) in [4.78, 5) is 4.22. The SMILES string of the molecule is S=c1[nH]oc2c1ccc1scnc12. The van der Waals surface area contributed by atoms with Crippen LogP contribution in [0.2, 0.25) is 0 Å². The molecule has 0 radical (unpaired) electrons. The normalized spacial score (nSPS) is 11.4. The molecule has 2 heterocycles. The van der Waals surface area contributed by atoms with E-state index in [-0.39, 0.29) is 0 Å². The van der Waals surface area contributed by atoms with Gasteiger partial charge in [-0.2, -0.15) is 0 Å². The Morgan fingerprint density at radius 2 is 2.38 bits per heavy atom. The average molecular weight is 208 g/mol. The monoisotopic (exact) mass is 208 g/mol. The van der Waals surface area contributed by atoms with Crippen molar-refractivity contribution in [2.24, 2.45) is 0 Å². The van der Waals surface area contributed by atoms with E-state index in [0.717, 1.165) is 21.2 Å². The Kier molecular flexibility index (Phi) is 1.33. The van der Waals surface area contributed by atoms with E-state index in [0.29, 0.717) is 4.64 Å². The molecule has 3 aromatic rings. The molecule has 1 aromatic carbocycles. The molecule has 0 saturated heterocycles. The number of aromatic amines is 1. The first-order valence-corrected chi connectivity index (χ1v) is 4.98. The molecular formula is C8H4N2OS2. The fourth-order valence-electron chi connectivity index (χ4n) is 1.34. The Labute approximate surface area is 82.0 Å². The molecule has 0 atom stereocenters. The van der Waals surface area contributed by atoms with Crippen LogP contribution in [0.5, 0.6) is 0 Å². The molecule has 0 spiro atoms. The van der Waals surface area contributed by atoms with Crippen LogP contribution in [0.25, 0.3) is 21.2 Å².